The standard InChI is InChI=1S/C25H25N3O3S/c1-31-20-5-2-4-18(14-20)15-26-9-11-27(12-10-26)22-7-3-6-21-23(22)25(30)28(24(21)29)16-19-8-13-32-17-19/h2-8,13-14,17H,9-12,15-16H2,1H3. The molecule has 0 aliphatic carbocycles. The highest BCUT2D eigenvalue weighted by Crippen LogP contribution is 2.33. The van der Waals surface area contributed by atoms with Gasteiger partial charge in [-0.15, -0.1) is 0 Å². The van der Waals surface area contributed by atoms with Gasteiger partial charge < -0.3 is 9.64 Å². The van der Waals surface area contributed by atoms with Crippen molar-refractivity contribution in [2.45, 2.75) is 13.1 Å². The van der Waals surface area contributed by atoms with Crippen LogP contribution in [0.25, 0.3) is 0 Å². The Bertz CT molecular complexity index is 1140. The number of fused-ring (bicyclic) bond motifs is 1. The molecule has 1 aromatic heterocycles. The molecule has 0 spiro atoms. The molecule has 1 saturated heterocycles. The molecule has 2 amide bonds. The number of rotatable bonds is 6. The topological polar surface area (TPSA) is 53.1 Å². The van der Waals surface area contributed by atoms with Gasteiger partial charge in [-0.1, -0.05) is 18.2 Å². The highest BCUT2D eigenvalue weighted by atomic mass is 32.1. The molecular formula is C25H25N3O3S. The zero-order valence-electron chi connectivity index (χ0n) is 18.0. The van der Waals surface area contributed by atoms with Crippen LogP contribution in [0.1, 0.15) is 31.8 Å². The molecule has 0 N–H and O–H groups in total. The first-order chi connectivity index (χ1) is 15.6. The maximum atomic E-state index is 13.2. The number of carbonyl (C=O) groups is 2. The van der Waals surface area contributed by atoms with Gasteiger partial charge in [-0.3, -0.25) is 19.4 Å². The molecule has 0 radical (unpaired) electrons. The van der Waals surface area contributed by atoms with Crippen LogP contribution in [0.4, 0.5) is 5.69 Å². The third-order valence-electron chi connectivity index (χ3n) is 6.15. The first kappa shape index (κ1) is 20.7. The van der Waals surface area contributed by atoms with Crippen LogP contribution in [0.15, 0.2) is 59.3 Å². The predicted molar refractivity (Wildman–Crippen MR) is 125 cm³/mol. The van der Waals surface area contributed by atoms with E-state index >= 15 is 0 Å². The molecule has 7 heteroatoms. The van der Waals surface area contributed by atoms with Gasteiger partial charge in [-0.25, -0.2) is 0 Å². The van der Waals surface area contributed by atoms with Gasteiger partial charge in [0.05, 0.1) is 30.5 Å². The van der Waals surface area contributed by atoms with Crippen molar-refractivity contribution in [1.29, 1.82) is 0 Å². The molecule has 3 aromatic rings. The lowest BCUT2D eigenvalue weighted by atomic mass is 10.1. The molecule has 1 fully saturated rings. The van der Waals surface area contributed by atoms with E-state index in [1.54, 1.807) is 24.5 Å². The maximum absolute atomic E-state index is 13.2. The monoisotopic (exact) mass is 447 g/mol. The lowest BCUT2D eigenvalue weighted by Crippen LogP contribution is -2.46. The first-order valence-corrected chi connectivity index (χ1v) is 11.7. The van der Waals surface area contributed by atoms with Crippen LogP contribution in [0.5, 0.6) is 5.75 Å². The second-order valence-electron chi connectivity index (χ2n) is 8.14. The van der Waals surface area contributed by atoms with E-state index < -0.39 is 0 Å². The Kier molecular flexibility index (Phi) is 5.68. The Morgan fingerprint density at radius 2 is 1.72 bits per heavy atom. The molecule has 5 rings (SSSR count). The fourth-order valence-corrected chi connectivity index (χ4v) is 5.12. The molecule has 0 unspecified atom stereocenters. The van der Waals surface area contributed by atoms with Gasteiger partial charge in [0.2, 0.25) is 0 Å². The van der Waals surface area contributed by atoms with Gasteiger partial charge in [0.15, 0.2) is 0 Å². The summed E-state index contributed by atoms with van der Waals surface area (Å²) in [5.74, 6) is 0.483. The van der Waals surface area contributed by atoms with Crippen molar-refractivity contribution in [3.05, 3.63) is 81.5 Å². The number of carbonyl (C=O) groups excluding carboxylic acids is 2. The van der Waals surface area contributed by atoms with E-state index in [0.717, 1.165) is 49.7 Å². The van der Waals surface area contributed by atoms with Crippen molar-refractivity contribution in [3.8, 4) is 5.75 Å². The molecule has 164 valence electrons. The van der Waals surface area contributed by atoms with Crippen LogP contribution >= 0.6 is 11.3 Å². The van der Waals surface area contributed by atoms with Crippen molar-refractivity contribution < 1.29 is 14.3 Å². The summed E-state index contributed by atoms with van der Waals surface area (Å²) in [7, 11) is 1.68. The van der Waals surface area contributed by atoms with Crippen LogP contribution < -0.4 is 9.64 Å². The minimum Gasteiger partial charge on any atom is -0.497 e. The Hall–Kier alpha value is -3.16. The number of amides is 2. The molecular weight excluding hydrogens is 422 g/mol. The molecule has 0 atom stereocenters. The van der Waals surface area contributed by atoms with E-state index in [0.29, 0.717) is 17.7 Å². The van der Waals surface area contributed by atoms with Crippen molar-refractivity contribution in [2.24, 2.45) is 0 Å². The Labute approximate surface area is 191 Å². The molecule has 3 heterocycles. The second kappa shape index (κ2) is 8.76. The lowest BCUT2D eigenvalue weighted by molar-refractivity contribution is 0.0642. The summed E-state index contributed by atoms with van der Waals surface area (Å²) in [6, 6.07) is 15.7. The fourth-order valence-electron chi connectivity index (χ4n) is 4.46. The number of benzene rings is 2. The minimum absolute atomic E-state index is 0.189. The number of piperazine rings is 1. The average molecular weight is 448 g/mol. The quantitative estimate of drug-likeness (QED) is 0.537. The summed E-state index contributed by atoms with van der Waals surface area (Å²) < 4.78 is 5.33. The Morgan fingerprint density at radius 1 is 0.906 bits per heavy atom. The highest BCUT2D eigenvalue weighted by Gasteiger charge is 2.38. The van der Waals surface area contributed by atoms with Crippen LogP contribution in [0, 0.1) is 0 Å². The van der Waals surface area contributed by atoms with E-state index in [9.17, 15) is 9.59 Å². The minimum atomic E-state index is -0.199. The smallest absolute Gasteiger partial charge is 0.263 e. The molecule has 2 aromatic carbocycles. The summed E-state index contributed by atoms with van der Waals surface area (Å²) in [5.41, 5.74) is 4.14. The summed E-state index contributed by atoms with van der Waals surface area (Å²) >= 11 is 1.57. The van der Waals surface area contributed by atoms with E-state index in [2.05, 4.69) is 21.9 Å². The second-order valence-corrected chi connectivity index (χ2v) is 8.92. The van der Waals surface area contributed by atoms with Crippen LogP contribution in [-0.2, 0) is 13.1 Å². The number of hydrogen-bond donors (Lipinski definition) is 0. The van der Waals surface area contributed by atoms with E-state index in [1.807, 2.05) is 41.1 Å². The van der Waals surface area contributed by atoms with Crippen LogP contribution in [0.2, 0.25) is 0 Å². The number of anilines is 1. The molecule has 0 saturated carbocycles. The average Bonchev–Trinajstić information content (AvgIpc) is 3.43. The largest absolute Gasteiger partial charge is 0.497 e. The van der Waals surface area contributed by atoms with Crippen molar-refractivity contribution in [3.63, 3.8) is 0 Å². The Morgan fingerprint density at radius 3 is 2.47 bits per heavy atom. The summed E-state index contributed by atoms with van der Waals surface area (Å²) in [4.78, 5) is 32.2. The predicted octanol–water partition coefficient (Wildman–Crippen LogP) is 3.88. The van der Waals surface area contributed by atoms with Gasteiger partial charge in [0.1, 0.15) is 5.75 Å². The Balaban J connectivity index is 1.29. The molecule has 6 nitrogen and oxygen atoms in total. The summed E-state index contributed by atoms with van der Waals surface area (Å²) in [6.45, 7) is 4.59. The van der Waals surface area contributed by atoms with Gasteiger partial charge in [0.25, 0.3) is 11.8 Å². The summed E-state index contributed by atoms with van der Waals surface area (Å²) in [5, 5.41) is 3.94. The number of ether oxygens (including phenoxy) is 1. The van der Waals surface area contributed by atoms with Crippen molar-refractivity contribution in [1.82, 2.24) is 9.80 Å². The fraction of sp³-hybridized carbons (Fsp3) is 0.280. The number of imide groups is 1. The van der Waals surface area contributed by atoms with Crippen LogP contribution in [-0.4, -0.2) is 54.9 Å². The van der Waals surface area contributed by atoms with E-state index in [1.165, 1.54) is 10.5 Å². The first-order valence-electron chi connectivity index (χ1n) is 10.7. The van der Waals surface area contributed by atoms with Gasteiger partial charge in [-0.2, -0.15) is 11.3 Å². The van der Waals surface area contributed by atoms with Crippen LogP contribution in [0.3, 0.4) is 0 Å². The van der Waals surface area contributed by atoms with Gasteiger partial charge >= 0.3 is 0 Å². The number of methoxy groups -OCH3 is 1. The number of nitrogens with zero attached hydrogens (tertiary/aromatic N) is 3. The third kappa shape index (κ3) is 3.89. The number of thiophene rings is 1. The molecule has 2 aliphatic rings. The van der Waals surface area contributed by atoms with Gasteiger partial charge in [0, 0.05) is 32.7 Å². The summed E-state index contributed by atoms with van der Waals surface area (Å²) in [6.07, 6.45) is 0. The lowest BCUT2D eigenvalue weighted by Gasteiger charge is -2.36. The SMILES string of the molecule is COc1cccc(CN2CCN(c3cccc4c3C(=O)N(Cc3ccsc3)C4=O)CC2)c1. The van der Waals surface area contributed by atoms with Crippen molar-refractivity contribution in [2.75, 3.05) is 38.2 Å². The van der Waals surface area contributed by atoms with E-state index in [4.69, 9.17) is 4.74 Å². The molecule has 32 heavy (non-hydrogen) atoms. The maximum Gasteiger partial charge on any atom is 0.263 e. The molecule has 0 bridgehead atoms. The highest BCUT2D eigenvalue weighted by molar-refractivity contribution is 7.07. The van der Waals surface area contributed by atoms with E-state index in [-0.39, 0.29) is 11.8 Å². The van der Waals surface area contributed by atoms with Crippen molar-refractivity contribution >= 4 is 28.8 Å². The normalized spacial score (nSPS) is 16.5. The molecule has 2 aliphatic heterocycles. The zero-order valence-corrected chi connectivity index (χ0v) is 18.8. The zero-order chi connectivity index (χ0) is 22.1. The van der Waals surface area contributed by atoms with Gasteiger partial charge in [-0.05, 0) is 52.2 Å². The number of hydrogen-bond acceptors (Lipinski definition) is 6. The third-order valence-corrected chi connectivity index (χ3v) is 6.88.